The van der Waals surface area contributed by atoms with Gasteiger partial charge >= 0.3 is 5.63 Å². The van der Waals surface area contributed by atoms with Crippen LogP contribution in [0.15, 0.2) is 57.3 Å². The number of benzene rings is 2. The van der Waals surface area contributed by atoms with Gasteiger partial charge in [-0.3, -0.25) is 4.79 Å². The molecule has 156 valence electrons. The second-order valence-electron chi connectivity index (χ2n) is 7.76. The highest BCUT2D eigenvalue weighted by Gasteiger charge is 2.29. The Hall–Kier alpha value is -3.34. The first kappa shape index (κ1) is 21.4. The zero-order chi connectivity index (χ0) is 22.0. The van der Waals surface area contributed by atoms with Crippen molar-refractivity contribution in [2.45, 2.75) is 40.5 Å². The minimum Gasteiger partial charge on any atom is -0.507 e. The minimum atomic E-state index is -0.657. The molecule has 0 aliphatic rings. The number of phenols is 2. The van der Waals surface area contributed by atoms with Gasteiger partial charge in [-0.15, -0.1) is 0 Å². The fraction of sp³-hybridized carbons (Fsp3) is 0.280. The lowest BCUT2D eigenvalue weighted by Crippen LogP contribution is -2.13. The number of carbonyl (C=O) groups is 1. The van der Waals surface area contributed by atoms with Crippen LogP contribution in [0.25, 0.3) is 22.1 Å². The summed E-state index contributed by atoms with van der Waals surface area (Å²) in [6.45, 7) is 7.46. The number of allylic oxidation sites excluding steroid dienone is 2. The van der Waals surface area contributed by atoms with Crippen LogP contribution in [0.2, 0.25) is 0 Å². The second-order valence-corrected chi connectivity index (χ2v) is 7.76. The van der Waals surface area contributed by atoms with Crippen LogP contribution in [-0.4, -0.2) is 16.0 Å². The number of aromatic hydroxyl groups is 2. The fourth-order valence-electron chi connectivity index (χ4n) is 3.43. The smallest absolute Gasteiger partial charge is 0.336 e. The van der Waals surface area contributed by atoms with Crippen molar-refractivity contribution in [3.05, 3.63) is 69.6 Å². The predicted octanol–water partition coefficient (Wildman–Crippen LogP) is 5.61. The number of carbonyl (C=O) groups excluding carboxylic acids is 1. The van der Waals surface area contributed by atoms with Gasteiger partial charge in [0.2, 0.25) is 0 Å². The number of hydrogen-bond donors (Lipinski definition) is 2. The lowest BCUT2D eigenvalue weighted by Gasteiger charge is -2.18. The maximum absolute atomic E-state index is 13.2. The van der Waals surface area contributed by atoms with Crippen LogP contribution in [0.1, 0.15) is 50.0 Å². The van der Waals surface area contributed by atoms with Gasteiger partial charge in [0.1, 0.15) is 17.1 Å². The quantitative estimate of drug-likeness (QED) is 0.316. The largest absolute Gasteiger partial charge is 0.507 e. The molecule has 0 fully saturated rings. The Labute approximate surface area is 175 Å². The van der Waals surface area contributed by atoms with Crippen LogP contribution in [0.5, 0.6) is 11.5 Å². The summed E-state index contributed by atoms with van der Waals surface area (Å²) in [5.41, 5.74) is 1.61. The molecule has 2 N–H and O–H groups in total. The molecule has 1 atom stereocenters. The molecule has 30 heavy (non-hydrogen) atoms. The van der Waals surface area contributed by atoms with Crippen molar-refractivity contribution >= 4 is 16.8 Å². The highest BCUT2D eigenvalue weighted by atomic mass is 16.4. The van der Waals surface area contributed by atoms with Gasteiger partial charge in [-0.2, -0.15) is 0 Å². The molecule has 0 aliphatic heterocycles. The highest BCUT2D eigenvalue weighted by Crippen LogP contribution is 2.44. The van der Waals surface area contributed by atoms with Gasteiger partial charge in [-0.25, -0.2) is 4.79 Å². The molecule has 0 radical (unpaired) electrons. The SMILES string of the molecule is CC[C@H](C)C(=O)c1c(O)c(CC=C(C)C)c(O)c2c(-c3ccccc3)cc(=O)oc12. The normalized spacial score (nSPS) is 12.0. The van der Waals surface area contributed by atoms with E-state index in [9.17, 15) is 19.8 Å². The number of Topliss-reactive ketones (excluding diaryl/α,β-unsaturated/α-hetero) is 1. The topological polar surface area (TPSA) is 87.7 Å². The van der Waals surface area contributed by atoms with Crippen molar-refractivity contribution in [1.29, 1.82) is 0 Å². The van der Waals surface area contributed by atoms with Crippen LogP contribution in [0.4, 0.5) is 0 Å². The first-order chi connectivity index (χ1) is 14.3. The highest BCUT2D eigenvalue weighted by molar-refractivity contribution is 6.14. The summed E-state index contributed by atoms with van der Waals surface area (Å²) in [6, 6.07) is 10.4. The summed E-state index contributed by atoms with van der Waals surface area (Å²) >= 11 is 0. The third-order valence-electron chi connectivity index (χ3n) is 5.34. The average molecular weight is 406 g/mol. The van der Waals surface area contributed by atoms with Crippen LogP contribution in [0, 0.1) is 5.92 Å². The van der Waals surface area contributed by atoms with Gasteiger partial charge < -0.3 is 14.6 Å². The van der Waals surface area contributed by atoms with Crippen molar-refractivity contribution in [3.8, 4) is 22.6 Å². The molecule has 0 saturated heterocycles. The van der Waals surface area contributed by atoms with Gasteiger partial charge in [0.25, 0.3) is 0 Å². The zero-order valence-corrected chi connectivity index (χ0v) is 17.7. The van der Waals surface area contributed by atoms with E-state index in [4.69, 9.17) is 4.42 Å². The number of phenolic OH excluding ortho intramolecular Hbond substituents is 2. The molecule has 0 unspecified atom stereocenters. The first-order valence-electron chi connectivity index (χ1n) is 10.0. The van der Waals surface area contributed by atoms with Gasteiger partial charge in [-0.05, 0) is 32.3 Å². The Kier molecular flexibility index (Phi) is 6.11. The minimum absolute atomic E-state index is 0.0517. The lowest BCUT2D eigenvalue weighted by molar-refractivity contribution is 0.0925. The van der Waals surface area contributed by atoms with Crippen molar-refractivity contribution in [2.75, 3.05) is 0 Å². The molecular weight excluding hydrogens is 380 g/mol. The van der Waals surface area contributed by atoms with E-state index in [0.29, 0.717) is 17.5 Å². The van der Waals surface area contributed by atoms with E-state index in [1.807, 2.05) is 57.2 Å². The molecule has 0 spiro atoms. The summed E-state index contributed by atoms with van der Waals surface area (Å²) in [7, 11) is 0. The molecule has 5 heteroatoms. The summed E-state index contributed by atoms with van der Waals surface area (Å²) in [5, 5.41) is 22.3. The Bertz CT molecular complexity index is 1180. The van der Waals surface area contributed by atoms with E-state index in [0.717, 1.165) is 5.57 Å². The van der Waals surface area contributed by atoms with Crippen LogP contribution in [-0.2, 0) is 6.42 Å². The maximum Gasteiger partial charge on any atom is 0.336 e. The van der Waals surface area contributed by atoms with E-state index in [2.05, 4.69) is 0 Å². The van der Waals surface area contributed by atoms with Gasteiger partial charge in [0, 0.05) is 23.1 Å². The van der Waals surface area contributed by atoms with Gasteiger partial charge in [-0.1, -0.05) is 55.8 Å². The Morgan fingerprint density at radius 1 is 1.13 bits per heavy atom. The predicted molar refractivity (Wildman–Crippen MR) is 118 cm³/mol. The van der Waals surface area contributed by atoms with E-state index in [1.165, 1.54) is 6.07 Å². The number of fused-ring (bicyclic) bond motifs is 1. The molecule has 0 bridgehead atoms. The summed E-state index contributed by atoms with van der Waals surface area (Å²) in [6.07, 6.45) is 2.66. The van der Waals surface area contributed by atoms with E-state index in [-0.39, 0.29) is 51.7 Å². The van der Waals surface area contributed by atoms with Gasteiger partial charge in [0.15, 0.2) is 11.4 Å². The van der Waals surface area contributed by atoms with Gasteiger partial charge in [0.05, 0.1) is 5.39 Å². The molecule has 2 aromatic carbocycles. The molecule has 0 amide bonds. The number of hydrogen-bond acceptors (Lipinski definition) is 5. The molecule has 0 aliphatic carbocycles. The van der Waals surface area contributed by atoms with Crippen LogP contribution in [0.3, 0.4) is 0 Å². The molecule has 0 saturated carbocycles. The molecule has 1 aromatic heterocycles. The average Bonchev–Trinajstić information content (AvgIpc) is 2.72. The summed E-state index contributed by atoms with van der Waals surface area (Å²) in [5.74, 6) is -1.24. The monoisotopic (exact) mass is 406 g/mol. The molecule has 5 nitrogen and oxygen atoms in total. The Morgan fingerprint density at radius 3 is 2.40 bits per heavy atom. The van der Waals surface area contributed by atoms with Crippen molar-refractivity contribution in [2.24, 2.45) is 5.92 Å². The third-order valence-corrected chi connectivity index (χ3v) is 5.34. The first-order valence-corrected chi connectivity index (χ1v) is 10.0. The zero-order valence-electron chi connectivity index (χ0n) is 17.7. The fourth-order valence-corrected chi connectivity index (χ4v) is 3.43. The third kappa shape index (κ3) is 3.88. The molecule has 3 rings (SSSR count). The Morgan fingerprint density at radius 2 is 1.80 bits per heavy atom. The molecule has 1 heterocycles. The van der Waals surface area contributed by atoms with E-state index < -0.39 is 5.63 Å². The molecular formula is C25H26O5. The number of ketones is 1. The summed E-state index contributed by atoms with van der Waals surface area (Å²) in [4.78, 5) is 25.5. The number of rotatable bonds is 6. The second kappa shape index (κ2) is 8.57. The van der Waals surface area contributed by atoms with Crippen molar-refractivity contribution in [1.82, 2.24) is 0 Å². The Balaban J connectivity index is 2.50. The van der Waals surface area contributed by atoms with E-state index in [1.54, 1.807) is 6.92 Å². The lowest BCUT2D eigenvalue weighted by atomic mass is 9.89. The van der Waals surface area contributed by atoms with Crippen LogP contribution < -0.4 is 5.63 Å². The van der Waals surface area contributed by atoms with Crippen LogP contribution >= 0.6 is 0 Å². The van der Waals surface area contributed by atoms with Crippen molar-refractivity contribution < 1.29 is 19.4 Å². The van der Waals surface area contributed by atoms with Crippen molar-refractivity contribution in [3.63, 3.8) is 0 Å². The van der Waals surface area contributed by atoms with E-state index >= 15 is 0 Å². The summed E-state index contributed by atoms with van der Waals surface area (Å²) < 4.78 is 5.40. The molecule has 3 aromatic rings. The maximum atomic E-state index is 13.2. The standard InChI is InChI=1S/C25H26O5/c1-5-15(4)22(27)21-24(29)17(12-11-14(2)3)23(28)20-18(13-19(26)30-25(20)21)16-9-7-6-8-10-16/h6-11,13,15,28-29H,5,12H2,1-4H3/t15-/m0/s1.